The molecule has 0 aromatic carbocycles. The van der Waals surface area contributed by atoms with Gasteiger partial charge in [0.25, 0.3) is 0 Å². The number of hydrogen-bond donors (Lipinski definition) is 4. The lowest BCUT2D eigenvalue weighted by molar-refractivity contribution is -0.307. The summed E-state index contributed by atoms with van der Waals surface area (Å²) in [5.74, 6) is -0.703. The number of aliphatic hydroxyl groups excluding tert-OH is 2. The molecule has 0 radical (unpaired) electrons. The Kier molecular flexibility index (Phi) is 5.81. The zero-order chi connectivity index (χ0) is 19.7. The van der Waals surface area contributed by atoms with Crippen LogP contribution in [0.4, 0.5) is 5.82 Å². The first-order chi connectivity index (χ1) is 12.8. The van der Waals surface area contributed by atoms with E-state index in [4.69, 9.17) is 16.2 Å². The molecule has 0 aliphatic carbocycles. The van der Waals surface area contributed by atoms with Crippen molar-refractivity contribution in [2.75, 3.05) is 17.7 Å². The highest BCUT2D eigenvalue weighted by Gasteiger charge is 2.45. The summed E-state index contributed by atoms with van der Waals surface area (Å²) >= 11 is 0. The number of aliphatic carboxylic acids is 1. The molecule has 1 aliphatic heterocycles. The summed E-state index contributed by atoms with van der Waals surface area (Å²) in [6.07, 6.45) is 2.73. The van der Waals surface area contributed by atoms with Gasteiger partial charge in [-0.15, -0.1) is 0 Å². The number of carboxylic acid groups (broad SMARTS) is 1. The number of nitrogen functional groups attached to an aromatic ring is 1. The molecule has 27 heavy (non-hydrogen) atoms. The van der Waals surface area contributed by atoms with E-state index in [1.165, 1.54) is 12.7 Å². The SMILES string of the molecule is C[S+](CCC(N)C(=O)[O-])C(O)[C@H]1O[C@@H](n2cnc3c(N)ncnc32)C[C@@H]1O. The van der Waals surface area contributed by atoms with Crippen LogP contribution in [-0.2, 0) is 20.4 Å². The zero-order valence-corrected chi connectivity index (χ0v) is 15.5. The van der Waals surface area contributed by atoms with Crippen LogP contribution in [0.25, 0.3) is 11.2 Å². The normalized spacial score (nSPS) is 26.1. The van der Waals surface area contributed by atoms with Crippen LogP contribution in [0.5, 0.6) is 0 Å². The standard InChI is InChI=1S/C15H22N6O5S/c1-27(3-2-7(16)14(23)24)15(25)11-8(22)4-9(26-11)21-6-20-10-12(17)18-5-19-13(10)21/h5-9,11,15,22,25H,2-4,16H2,1H3,(H2-,17,18,19,23,24)/t7?,8-,9+,11-,15?,27?/m0/s1. The Bertz CT molecular complexity index is 819. The number of nitrogens with two attached hydrogens (primary N) is 2. The smallest absolute Gasteiger partial charge is 0.244 e. The number of carbonyl (C=O) groups is 1. The van der Waals surface area contributed by atoms with Gasteiger partial charge >= 0.3 is 0 Å². The lowest BCUT2D eigenvalue weighted by atomic mass is 10.2. The van der Waals surface area contributed by atoms with Crippen molar-refractivity contribution in [1.82, 2.24) is 19.5 Å². The molecule has 0 bridgehead atoms. The Labute approximate surface area is 157 Å². The second-order valence-electron chi connectivity index (χ2n) is 6.44. The summed E-state index contributed by atoms with van der Waals surface area (Å²) in [5.41, 5.74) is 11.2. The molecule has 3 heterocycles. The van der Waals surface area contributed by atoms with Crippen LogP contribution in [0.1, 0.15) is 19.1 Å². The van der Waals surface area contributed by atoms with Gasteiger partial charge in [-0.05, 0) is 0 Å². The lowest BCUT2D eigenvalue weighted by Crippen LogP contribution is -2.45. The van der Waals surface area contributed by atoms with Gasteiger partial charge in [-0.2, -0.15) is 0 Å². The van der Waals surface area contributed by atoms with Gasteiger partial charge in [-0.25, -0.2) is 15.0 Å². The molecule has 11 nitrogen and oxygen atoms in total. The number of aromatic nitrogens is 4. The molecule has 6 N–H and O–H groups in total. The van der Waals surface area contributed by atoms with Crippen molar-refractivity contribution in [3.05, 3.63) is 12.7 Å². The number of rotatable bonds is 7. The monoisotopic (exact) mass is 398 g/mol. The summed E-state index contributed by atoms with van der Waals surface area (Å²) in [6.45, 7) is 0. The highest BCUT2D eigenvalue weighted by atomic mass is 32.2. The molecule has 148 valence electrons. The first kappa shape index (κ1) is 19.8. The highest BCUT2D eigenvalue weighted by Crippen LogP contribution is 2.34. The predicted octanol–water partition coefficient (Wildman–Crippen LogP) is -2.91. The Morgan fingerprint density at radius 2 is 2.26 bits per heavy atom. The number of aliphatic hydroxyl groups is 2. The van der Waals surface area contributed by atoms with E-state index in [0.717, 1.165) is 0 Å². The van der Waals surface area contributed by atoms with Gasteiger partial charge in [0.15, 0.2) is 17.6 Å². The Morgan fingerprint density at radius 3 is 2.96 bits per heavy atom. The van der Waals surface area contributed by atoms with Crippen molar-refractivity contribution in [2.45, 2.75) is 42.8 Å². The molecule has 1 fully saturated rings. The van der Waals surface area contributed by atoms with Gasteiger partial charge in [-0.1, -0.05) is 0 Å². The first-order valence-corrected chi connectivity index (χ1v) is 10.2. The fourth-order valence-corrected chi connectivity index (χ4v) is 4.54. The van der Waals surface area contributed by atoms with Crippen LogP contribution < -0.4 is 16.6 Å². The fraction of sp³-hybridized carbons (Fsp3) is 0.600. The maximum atomic E-state index is 10.7. The fourth-order valence-electron chi connectivity index (χ4n) is 2.97. The van der Waals surface area contributed by atoms with E-state index in [2.05, 4.69) is 15.0 Å². The minimum absolute atomic E-state index is 0.174. The molecule has 2 aromatic heterocycles. The third-order valence-corrected chi connectivity index (χ3v) is 6.55. The van der Waals surface area contributed by atoms with Gasteiger partial charge in [0.2, 0.25) is 5.44 Å². The number of hydrogen-bond acceptors (Lipinski definition) is 10. The van der Waals surface area contributed by atoms with Crippen molar-refractivity contribution in [1.29, 1.82) is 0 Å². The lowest BCUT2D eigenvalue weighted by Gasteiger charge is -2.21. The summed E-state index contributed by atoms with van der Waals surface area (Å²) in [4.78, 5) is 22.9. The molecule has 3 unspecified atom stereocenters. The number of carboxylic acids is 1. The molecule has 12 heteroatoms. The molecule has 0 spiro atoms. The van der Waals surface area contributed by atoms with E-state index in [0.29, 0.717) is 16.9 Å². The average molecular weight is 398 g/mol. The van der Waals surface area contributed by atoms with Gasteiger partial charge in [0.05, 0.1) is 18.4 Å². The third-order valence-electron chi connectivity index (χ3n) is 4.58. The van der Waals surface area contributed by atoms with Gasteiger partial charge in [0, 0.05) is 29.8 Å². The Hall–Kier alpha value is -1.99. The number of nitrogens with zero attached hydrogens (tertiary/aromatic N) is 4. The van der Waals surface area contributed by atoms with Crippen molar-refractivity contribution < 1.29 is 24.9 Å². The average Bonchev–Trinajstić information content (AvgIpc) is 3.22. The van der Waals surface area contributed by atoms with Crippen LogP contribution in [-0.4, -0.2) is 71.4 Å². The number of anilines is 1. The minimum atomic E-state index is -1.33. The van der Waals surface area contributed by atoms with Crippen molar-refractivity contribution >= 4 is 33.8 Å². The number of fused-ring (bicyclic) bond motifs is 1. The van der Waals surface area contributed by atoms with Crippen molar-refractivity contribution in [2.24, 2.45) is 5.73 Å². The summed E-state index contributed by atoms with van der Waals surface area (Å²) in [6, 6.07) is -1.09. The quantitative estimate of drug-likeness (QED) is 0.352. The molecule has 1 saturated heterocycles. The molecule has 0 amide bonds. The van der Waals surface area contributed by atoms with E-state index in [-0.39, 0.29) is 18.7 Å². The van der Waals surface area contributed by atoms with E-state index in [1.54, 1.807) is 10.8 Å². The van der Waals surface area contributed by atoms with E-state index in [9.17, 15) is 20.1 Å². The molecular formula is C15H22N6O5S. The molecular weight excluding hydrogens is 376 g/mol. The van der Waals surface area contributed by atoms with Crippen LogP contribution in [0, 0.1) is 0 Å². The second-order valence-corrected chi connectivity index (χ2v) is 8.71. The molecule has 2 aromatic rings. The third kappa shape index (κ3) is 3.99. The molecule has 1 aliphatic rings. The van der Waals surface area contributed by atoms with Crippen molar-refractivity contribution in [3.8, 4) is 0 Å². The molecule has 3 rings (SSSR count). The van der Waals surface area contributed by atoms with Gasteiger partial charge in [-0.3, -0.25) is 4.57 Å². The number of imidazole rings is 1. The van der Waals surface area contributed by atoms with E-state index >= 15 is 0 Å². The molecule has 6 atom stereocenters. The summed E-state index contributed by atoms with van der Waals surface area (Å²) in [7, 11) is -0.626. The summed E-state index contributed by atoms with van der Waals surface area (Å²) in [5, 5.41) is 31.6. The minimum Gasteiger partial charge on any atom is -0.548 e. The number of carbonyl (C=O) groups excluding carboxylic acids is 1. The second kappa shape index (κ2) is 7.94. The maximum absolute atomic E-state index is 10.7. The largest absolute Gasteiger partial charge is 0.548 e. The maximum Gasteiger partial charge on any atom is 0.244 e. The van der Waals surface area contributed by atoms with Crippen LogP contribution in [0.2, 0.25) is 0 Å². The van der Waals surface area contributed by atoms with Gasteiger partial charge in [0.1, 0.15) is 30.1 Å². The van der Waals surface area contributed by atoms with Crippen LogP contribution in [0.15, 0.2) is 12.7 Å². The highest BCUT2D eigenvalue weighted by molar-refractivity contribution is 7.96. The first-order valence-electron chi connectivity index (χ1n) is 8.32. The van der Waals surface area contributed by atoms with Crippen LogP contribution in [0.3, 0.4) is 0 Å². The molecule has 0 saturated carbocycles. The van der Waals surface area contributed by atoms with Gasteiger partial charge < -0.3 is 36.3 Å². The van der Waals surface area contributed by atoms with E-state index < -0.39 is 46.8 Å². The Balaban J connectivity index is 1.68. The van der Waals surface area contributed by atoms with Crippen LogP contribution >= 0.6 is 0 Å². The van der Waals surface area contributed by atoms with Crippen molar-refractivity contribution in [3.63, 3.8) is 0 Å². The number of ether oxygens (including phenoxy) is 1. The zero-order valence-electron chi connectivity index (χ0n) is 14.6. The van der Waals surface area contributed by atoms with E-state index in [1.807, 2.05) is 0 Å². The summed E-state index contributed by atoms with van der Waals surface area (Å²) < 4.78 is 7.51. The Morgan fingerprint density at radius 1 is 1.52 bits per heavy atom. The topological polar surface area (TPSA) is 185 Å². The predicted molar refractivity (Wildman–Crippen MR) is 96.0 cm³/mol.